The Morgan fingerprint density at radius 2 is 1.93 bits per heavy atom. The van der Waals surface area contributed by atoms with Gasteiger partial charge in [0.15, 0.2) is 0 Å². The third-order valence-corrected chi connectivity index (χ3v) is 2.54. The Hall–Kier alpha value is -0.410. The molecule has 0 aromatic rings. The van der Waals surface area contributed by atoms with E-state index in [1.807, 2.05) is 13.8 Å². The first kappa shape index (κ1) is 14.6. The van der Waals surface area contributed by atoms with Crippen molar-refractivity contribution in [3.8, 4) is 0 Å². The summed E-state index contributed by atoms with van der Waals surface area (Å²) < 4.78 is 5.06. The van der Waals surface area contributed by atoms with Crippen molar-refractivity contribution in [1.29, 1.82) is 0 Å². The Kier molecular flexibility index (Phi) is 7.61. The number of hydrogen-bond acceptors (Lipinski definition) is 3. The van der Waals surface area contributed by atoms with Crippen LogP contribution in [0.4, 0.5) is 0 Å². The molecule has 3 nitrogen and oxygen atoms in total. The van der Waals surface area contributed by atoms with Gasteiger partial charge in [-0.3, -0.25) is 9.69 Å². The normalized spacial score (nSPS) is 13.5. The lowest BCUT2D eigenvalue weighted by atomic mass is 10.1. The molecule has 0 heterocycles. The molecule has 0 rings (SSSR count). The second-order valence-electron chi connectivity index (χ2n) is 4.38. The molecule has 0 aliphatic rings. The van der Waals surface area contributed by atoms with E-state index in [9.17, 15) is 4.79 Å². The van der Waals surface area contributed by atoms with Gasteiger partial charge in [0.05, 0.1) is 12.6 Å². The van der Waals surface area contributed by atoms with Crippen LogP contribution in [-0.2, 0) is 9.53 Å². The summed E-state index contributed by atoms with van der Waals surface area (Å²) >= 11 is 0. The molecule has 15 heavy (non-hydrogen) atoms. The maximum Gasteiger partial charge on any atom is 0.149 e. The molecule has 1 unspecified atom stereocenters. The average Bonchev–Trinajstić information content (AvgIpc) is 2.21. The van der Waals surface area contributed by atoms with E-state index in [0.717, 1.165) is 13.1 Å². The first-order valence-electron chi connectivity index (χ1n) is 5.78. The highest BCUT2D eigenvalue weighted by Gasteiger charge is 2.19. The second kappa shape index (κ2) is 7.83. The van der Waals surface area contributed by atoms with Gasteiger partial charge in [0.25, 0.3) is 0 Å². The summed E-state index contributed by atoms with van der Waals surface area (Å²) in [5.74, 6) is 0.890. The molecule has 0 saturated heterocycles. The van der Waals surface area contributed by atoms with Crippen molar-refractivity contribution in [2.75, 3.05) is 26.8 Å². The summed E-state index contributed by atoms with van der Waals surface area (Å²) in [6.07, 6.45) is 0.614. The lowest BCUT2D eigenvalue weighted by molar-refractivity contribution is -0.123. The molecule has 0 aliphatic carbocycles. The maximum absolute atomic E-state index is 11.6. The van der Waals surface area contributed by atoms with Crippen molar-refractivity contribution < 1.29 is 9.53 Å². The minimum absolute atomic E-state index is 0.0209. The first-order chi connectivity index (χ1) is 7.02. The molecule has 0 saturated carbocycles. The highest BCUT2D eigenvalue weighted by Crippen LogP contribution is 2.06. The van der Waals surface area contributed by atoms with Gasteiger partial charge in [0.1, 0.15) is 5.78 Å². The molecule has 0 aromatic heterocycles. The van der Waals surface area contributed by atoms with Crippen LogP contribution in [0.3, 0.4) is 0 Å². The van der Waals surface area contributed by atoms with Crippen molar-refractivity contribution in [3.63, 3.8) is 0 Å². The summed E-state index contributed by atoms with van der Waals surface area (Å²) in [5, 5.41) is 0. The Morgan fingerprint density at radius 1 is 1.33 bits per heavy atom. The quantitative estimate of drug-likeness (QED) is 0.620. The van der Waals surface area contributed by atoms with Gasteiger partial charge >= 0.3 is 0 Å². The van der Waals surface area contributed by atoms with Crippen LogP contribution in [0.25, 0.3) is 0 Å². The van der Waals surface area contributed by atoms with Crippen LogP contribution in [0.15, 0.2) is 0 Å². The van der Waals surface area contributed by atoms with Crippen LogP contribution in [0.1, 0.15) is 34.1 Å². The molecule has 0 spiro atoms. The fraction of sp³-hybridized carbons (Fsp3) is 0.917. The van der Waals surface area contributed by atoms with E-state index in [2.05, 4.69) is 18.7 Å². The van der Waals surface area contributed by atoms with E-state index in [4.69, 9.17) is 4.74 Å². The van der Waals surface area contributed by atoms with Crippen LogP contribution in [-0.4, -0.2) is 43.5 Å². The summed E-state index contributed by atoms with van der Waals surface area (Å²) in [5.41, 5.74) is 0. The van der Waals surface area contributed by atoms with Crippen molar-refractivity contribution in [3.05, 3.63) is 0 Å². The predicted octanol–water partition coefficient (Wildman–Crippen LogP) is 1.96. The lowest BCUT2D eigenvalue weighted by Gasteiger charge is -2.29. The first-order valence-corrected chi connectivity index (χ1v) is 5.78. The number of ketones is 1. The Balaban J connectivity index is 4.25. The van der Waals surface area contributed by atoms with E-state index < -0.39 is 0 Å². The minimum atomic E-state index is 0.0209. The van der Waals surface area contributed by atoms with E-state index in [-0.39, 0.29) is 6.04 Å². The molecule has 0 N–H and O–H groups in total. The molecular formula is C12H25NO2. The number of methoxy groups -OCH3 is 1. The number of ether oxygens (including phenoxy) is 1. The van der Waals surface area contributed by atoms with Gasteiger partial charge in [-0.05, 0) is 12.8 Å². The standard InChI is InChI=1S/C12H25NO2/c1-6-12(14)11(4)13(7-8-15-5)9-10(2)3/h10-11H,6-9H2,1-5H3. The smallest absolute Gasteiger partial charge is 0.149 e. The van der Waals surface area contributed by atoms with E-state index in [1.165, 1.54) is 0 Å². The fourth-order valence-electron chi connectivity index (χ4n) is 1.62. The van der Waals surface area contributed by atoms with Crippen molar-refractivity contribution >= 4 is 5.78 Å². The topological polar surface area (TPSA) is 29.5 Å². The molecule has 0 radical (unpaired) electrons. The zero-order valence-corrected chi connectivity index (χ0v) is 10.7. The highest BCUT2D eigenvalue weighted by atomic mass is 16.5. The molecule has 0 fully saturated rings. The van der Waals surface area contributed by atoms with Crippen LogP contribution >= 0.6 is 0 Å². The number of carbonyl (C=O) groups is 1. The molecule has 0 amide bonds. The van der Waals surface area contributed by atoms with Crippen molar-refractivity contribution in [2.45, 2.75) is 40.2 Å². The second-order valence-corrected chi connectivity index (χ2v) is 4.38. The molecule has 1 atom stereocenters. The number of Topliss-reactive ketones (excluding diaryl/α,β-unsaturated/α-hetero) is 1. The third-order valence-electron chi connectivity index (χ3n) is 2.54. The Labute approximate surface area is 93.8 Å². The van der Waals surface area contributed by atoms with E-state index >= 15 is 0 Å². The third kappa shape index (κ3) is 5.90. The maximum atomic E-state index is 11.6. The predicted molar refractivity (Wildman–Crippen MR) is 63.0 cm³/mol. The monoisotopic (exact) mass is 215 g/mol. The Morgan fingerprint density at radius 3 is 2.33 bits per heavy atom. The summed E-state index contributed by atoms with van der Waals surface area (Å²) in [6.45, 7) is 10.7. The van der Waals surface area contributed by atoms with Gasteiger partial charge < -0.3 is 4.74 Å². The zero-order chi connectivity index (χ0) is 11.8. The largest absolute Gasteiger partial charge is 0.383 e. The number of rotatable bonds is 8. The van der Waals surface area contributed by atoms with Gasteiger partial charge in [0.2, 0.25) is 0 Å². The van der Waals surface area contributed by atoms with E-state index in [1.54, 1.807) is 7.11 Å². The van der Waals surface area contributed by atoms with Crippen LogP contribution in [0, 0.1) is 5.92 Å². The van der Waals surface area contributed by atoms with Crippen LogP contribution in [0.5, 0.6) is 0 Å². The van der Waals surface area contributed by atoms with Crippen molar-refractivity contribution in [1.82, 2.24) is 4.90 Å². The molecule has 0 aliphatic heterocycles. The van der Waals surface area contributed by atoms with Gasteiger partial charge in [0, 0.05) is 26.6 Å². The number of nitrogens with zero attached hydrogens (tertiary/aromatic N) is 1. The van der Waals surface area contributed by atoms with Gasteiger partial charge in [-0.25, -0.2) is 0 Å². The molecular weight excluding hydrogens is 190 g/mol. The van der Waals surface area contributed by atoms with Crippen molar-refractivity contribution in [2.24, 2.45) is 5.92 Å². The number of carbonyl (C=O) groups excluding carboxylic acids is 1. The minimum Gasteiger partial charge on any atom is -0.383 e. The van der Waals surface area contributed by atoms with Gasteiger partial charge in [-0.15, -0.1) is 0 Å². The van der Waals surface area contributed by atoms with E-state index in [0.29, 0.717) is 24.7 Å². The van der Waals surface area contributed by atoms with Crippen LogP contribution < -0.4 is 0 Å². The highest BCUT2D eigenvalue weighted by molar-refractivity contribution is 5.83. The number of hydrogen-bond donors (Lipinski definition) is 0. The summed E-state index contributed by atoms with van der Waals surface area (Å²) in [7, 11) is 1.69. The molecule has 90 valence electrons. The zero-order valence-electron chi connectivity index (χ0n) is 10.7. The van der Waals surface area contributed by atoms with Gasteiger partial charge in [-0.2, -0.15) is 0 Å². The fourth-order valence-corrected chi connectivity index (χ4v) is 1.62. The lowest BCUT2D eigenvalue weighted by Crippen LogP contribution is -2.42. The van der Waals surface area contributed by atoms with Crippen LogP contribution in [0.2, 0.25) is 0 Å². The molecule has 0 bridgehead atoms. The Bertz CT molecular complexity index is 180. The summed E-state index contributed by atoms with van der Waals surface area (Å²) in [6, 6.07) is 0.0209. The molecule has 0 aromatic carbocycles. The average molecular weight is 215 g/mol. The SMILES string of the molecule is CCC(=O)C(C)N(CCOC)CC(C)C. The summed E-state index contributed by atoms with van der Waals surface area (Å²) in [4.78, 5) is 13.8. The van der Waals surface area contributed by atoms with Gasteiger partial charge in [-0.1, -0.05) is 20.8 Å². The molecule has 3 heteroatoms.